The first-order chi connectivity index (χ1) is 5.81. The molecule has 1 amide bonds. The number of nitrogens with one attached hydrogen (secondary N) is 1. The molecular weight excluding hydrogens is 156 g/mol. The lowest BCUT2D eigenvalue weighted by Crippen LogP contribution is -2.04. The number of carbonyl (C=O) groups is 2. The van der Waals surface area contributed by atoms with Gasteiger partial charge in [-0.15, -0.1) is 0 Å². The summed E-state index contributed by atoms with van der Waals surface area (Å²) in [7, 11) is 0. The molecule has 0 radical (unpaired) electrons. The number of anilines is 1. The molecule has 0 fully saturated rings. The van der Waals surface area contributed by atoms with Gasteiger partial charge in [-0.3, -0.25) is 9.59 Å². The van der Waals surface area contributed by atoms with Crippen molar-refractivity contribution in [3.8, 4) is 0 Å². The van der Waals surface area contributed by atoms with Crippen LogP contribution in [0.5, 0.6) is 0 Å². The zero-order valence-corrected chi connectivity index (χ0v) is 6.20. The molecule has 1 aliphatic heterocycles. The number of amides is 1. The summed E-state index contributed by atoms with van der Waals surface area (Å²) in [5.74, 6) is 0.413. The fourth-order valence-corrected chi connectivity index (χ4v) is 1.25. The molecule has 0 saturated carbocycles. The monoisotopic (exact) mass is 162 g/mol. The van der Waals surface area contributed by atoms with Crippen molar-refractivity contribution in [1.82, 2.24) is 4.98 Å². The molecule has 1 aliphatic rings. The maximum atomic E-state index is 10.9. The van der Waals surface area contributed by atoms with Crippen LogP contribution in [-0.2, 0) is 11.2 Å². The molecular formula is C8H6N2O2. The molecule has 4 nitrogen and oxygen atoms in total. The Bertz CT molecular complexity index is 360. The van der Waals surface area contributed by atoms with E-state index in [9.17, 15) is 9.59 Å². The lowest BCUT2D eigenvalue weighted by Gasteiger charge is -1.97. The van der Waals surface area contributed by atoms with Crippen molar-refractivity contribution in [2.24, 2.45) is 0 Å². The lowest BCUT2D eigenvalue weighted by atomic mass is 10.1. The summed E-state index contributed by atoms with van der Waals surface area (Å²) < 4.78 is 0. The summed E-state index contributed by atoms with van der Waals surface area (Å²) in [6, 6.07) is 1.60. The van der Waals surface area contributed by atoms with Gasteiger partial charge in [0.05, 0.1) is 6.42 Å². The molecule has 12 heavy (non-hydrogen) atoms. The molecule has 0 unspecified atom stereocenters. The Balaban J connectivity index is 2.58. The molecule has 0 aromatic carbocycles. The van der Waals surface area contributed by atoms with Crippen LogP contribution in [0.3, 0.4) is 0 Å². The Labute approximate surface area is 68.6 Å². The molecule has 2 heterocycles. The van der Waals surface area contributed by atoms with Gasteiger partial charge in [0.25, 0.3) is 0 Å². The summed E-state index contributed by atoms with van der Waals surface area (Å²) in [6.45, 7) is 0. The summed E-state index contributed by atoms with van der Waals surface area (Å²) in [5.41, 5.74) is 1.25. The second kappa shape index (κ2) is 2.41. The highest BCUT2D eigenvalue weighted by Crippen LogP contribution is 2.22. The van der Waals surface area contributed by atoms with Gasteiger partial charge in [-0.1, -0.05) is 0 Å². The summed E-state index contributed by atoms with van der Waals surface area (Å²) in [5, 5.41) is 2.56. The van der Waals surface area contributed by atoms with E-state index >= 15 is 0 Å². The topological polar surface area (TPSA) is 59.1 Å². The number of aldehydes is 1. The summed E-state index contributed by atoms with van der Waals surface area (Å²) in [4.78, 5) is 25.3. The Kier molecular flexibility index (Phi) is 1.40. The molecule has 0 aliphatic carbocycles. The van der Waals surface area contributed by atoms with Crippen LogP contribution in [0.4, 0.5) is 5.82 Å². The molecule has 1 aromatic heterocycles. The van der Waals surface area contributed by atoms with Gasteiger partial charge in [-0.05, 0) is 6.07 Å². The molecule has 0 bridgehead atoms. The van der Waals surface area contributed by atoms with E-state index in [4.69, 9.17) is 0 Å². The van der Waals surface area contributed by atoms with Gasteiger partial charge in [-0.25, -0.2) is 4.98 Å². The normalized spacial score (nSPS) is 13.8. The Hall–Kier alpha value is -1.71. The Morgan fingerprint density at radius 3 is 3.17 bits per heavy atom. The van der Waals surface area contributed by atoms with Gasteiger partial charge in [0.15, 0.2) is 6.29 Å². The lowest BCUT2D eigenvalue weighted by molar-refractivity contribution is -0.115. The fourth-order valence-electron chi connectivity index (χ4n) is 1.25. The third-order valence-corrected chi connectivity index (χ3v) is 1.81. The molecule has 2 rings (SSSR count). The van der Waals surface area contributed by atoms with Crippen molar-refractivity contribution < 1.29 is 9.59 Å². The van der Waals surface area contributed by atoms with Crippen molar-refractivity contribution in [2.75, 3.05) is 5.32 Å². The van der Waals surface area contributed by atoms with E-state index < -0.39 is 0 Å². The van der Waals surface area contributed by atoms with Crippen LogP contribution in [-0.4, -0.2) is 17.2 Å². The molecule has 0 spiro atoms. The third kappa shape index (κ3) is 0.887. The number of hydrogen-bond acceptors (Lipinski definition) is 3. The zero-order valence-electron chi connectivity index (χ0n) is 6.20. The first-order valence-corrected chi connectivity index (χ1v) is 3.54. The SMILES string of the molecule is O=Cc1ccnc2c1CC(=O)N2. The minimum absolute atomic E-state index is 0.105. The van der Waals surface area contributed by atoms with E-state index in [1.165, 1.54) is 6.20 Å². The van der Waals surface area contributed by atoms with Crippen LogP contribution in [0.15, 0.2) is 12.3 Å². The molecule has 4 heteroatoms. The third-order valence-electron chi connectivity index (χ3n) is 1.81. The van der Waals surface area contributed by atoms with Crippen LogP contribution in [0.1, 0.15) is 15.9 Å². The average molecular weight is 162 g/mol. The van der Waals surface area contributed by atoms with E-state index in [0.29, 0.717) is 16.9 Å². The molecule has 0 atom stereocenters. The summed E-state index contributed by atoms with van der Waals surface area (Å²) in [6.07, 6.45) is 2.51. The summed E-state index contributed by atoms with van der Waals surface area (Å²) >= 11 is 0. The van der Waals surface area contributed by atoms with Gasteiger partial charge in [0.1, 0.15) is 5.82 Å². The van der Waals surface area contributed by atoms with Crippen LogP contribution in [0.25, 0.3) is 0 Å². The number of rotatable bonds is 1. The number of pyridine rings is 1. The minimum atomic E-state index is -0.105. The highest BCUT2D eigenvalue weighted by molar-refractivity contribution is 6.00. The van der Waals surface area contributed by atoms with Crippen molar-refractivity contribution in [1.29, 1.82) is 0 Å². The van der Waals surface area contributed by atoms with Crippen LogP contribution < -0.4 is 5.32 Å². The van der Waals surface area contributed by atoms with Crippen LogP contribution in [0.2, 0.25) is 0 Å². The second-order valence-electron chi connectivity index (χ2n) is 2.57. The molecule has 1 N–H and O–H groups in total. The van der Waals surface area contributed by atoms with Gasteiger partial charge >= 0.3 is 0 Å². The van der Waals surface area contributed by atoms with E-state index in [0.717, 1.165) is 6.29 Å². The number of hydrogen-bond donors (Lipinski definition) is 1. The van der Waals surface area contributed by atoms with Gasteiger partial charge < -0.3 is 5.32 Å². The number of fused-ring (bicyclic) bond motifs is 1. The zero-order chi connectivity index (χ0) is 8.55. The van der Waals surface area contributed by atoms with E-state index in [2.05, 4.69) is 10.3 Å². The van der Waals surface area contributed by atoms with Crippen LogP contribution >= 0.6 is 0 Å². The highest BCUT2D eigenvalue weighted by Gasteiger charge is 2.21. The molecule has 60 valence electrons. The molecule has 1 aromatic rings. The van der Waals surface area contributed by atoms with Crippen molar-refractivity contribution in [3.63, 3.8) is 0 Å². The van der Waals surface area contributed by atoms with Crippen LogP contribution in [0, 0.1) is 0 Å². The largest absolute Gasteiger partial charge is 0.310 e. The first-order valence-electron chi connectivity index (χ1n) is 3.54. The Morgan fingerprint density at radius 2 is 2.42 bits per heavy atom. The van der Waals surface area contributed by atoms with Crippen molar-refractivity contribution in [2.45, 2.75) is 6.42 Å². The fraction of sp³-hybridized carbons (Fsp3) is 0.125. The minimum Gasteiger partial charge on any atom is -0.310 e. The smallest absolute Gasteiger partial charge is 0.230 e. The first kappa shape index (κ1) is 6.97. The second-order valence-corrected chi connectivity index (χ2v) is 2.57. The molecule has 0 saturated heterocycles. The van der Waals surface area contributed by atoms with Crippen molar-refractivity contribution >= 4 is 18.0 Å². The maximum Gasteiger partial charge on any atom is 0.230 e. The standard InChI is InChI=1S/C8H6N2O2/c11-4-5-1-2-9-8-6(5)3-7(12)10-8/h1-2,4H,3H2,(H,9,10,12). The highest BCUT2D eigenvalue weighted by atomic mass is 16.2. The van der Waals surface area contributed by atoms with Crippen molar-refractivity contribution in [3.05, 3.63) is 23.4 Å². The van der Waals surface area contributed by atoms with Gasteiger partial charge in [0, 0.05) is 17.3 Å². The quantitative estimate of drug-likeness (QED) is 0.607. The van der Waals surface area contributed by atoms with E-state index in [1.807, 2.05) is 0 Å². The average Bonchev–Trinajstić information content (AvgIpc) is 2.44. The maximum absolute atomic E-state index is 10.9. The van der Waals surface area contributed by atoms with Gasteiger partial charge in [-0.2, -0.15) is 0 Å². The van der Waals surface area contributed by atoms with E-state index in [1.54, 1.807) is 6.07 Å². The van der Waals surface area contributed by atoms with Gasteiger partial charge in [0.2, 0.25) is 5.91 Å². The predicted octanol–water partition coefficient (Wildman–Crippen LogP) is 0.389. The predicted molar refractivity (Wildman–Crippen MR) is 42.0 cm³/mol. The number of nitrogens with zero attached hydrogens (tertiary/aromatic N) is 1. The van der Waals surface area contributed by atoms with E-state index in [-0.39, 0.29) is 12.3 Å². The Morgan fingerprint density at radius 1 is 1.58 bits per heavy atom. The number of aromatic nitrogens is 1. The number of carbonyl (C=O) groups excluding carboxylic acids is 2.